The van der Waals surface area contributed by atoms with Gasteiger partial charge >= 0.3 is 5.97 Å². The number of carboxylic acids is 1. The average Bonchev–Trinajstić information content (AvgIpc) is 2.94. The summed E-state index contributed by atoms with van der Waals surface area (Å²) in [6.45, 7) is 0.222. The van der Waals surface area contributed by atoms with Crippen LogP contribution in [0.2, 0.25) is 0 Å². The molecule has 3 rings (SSSR count). The Labute approximate surface area is 118 Å². The number of aromatic carboxylic acids is 1. The molecule has 0 saturated carbocycles. The smallest absolute Gasteiger partial charge is 0.365 e. The van der Waals surface area contributed by atoms with E-state index in [9.17, 15) is 4.79 Å². The van der Waals surface area contributed by atoms with Crippen LogP contribution in [0.15, 0.2) is 41.9 Å². The van der Waals surface area contributed by atoms with Crippen molar-refractivity contribution in [1.29, 1.82) is 0 Å². The molecule has 1 aromatic carbocycles. The molecule has 3 aromatic rings. The molecule has 0 atom stereocenters. The zero-order chi connectivity index (χ0) is 13.9. The third-order valence-electron chi connectivity index (χ3n) is 2.71. The number of benzene rings is 1. The van der Waals surface area contributed by atoms with Gasteiger partial charge in [-0.1, -0.05) is 18.2 Å². The Balaban J connectivity index is 1.81. The molecule has 0 aliphatic carbocycles. The van der Waals surface area contributed by atoms with Crippen LogP contribution in [0.3, 0.4) is 0 Å². The number of rotatable bonds is 4. The summed E-state index contributed by atoms with van der Waals surface area (Å²) in [5.41, 5.74) is 1.38. The number of pyridine rings is 1. The zero-order valence-corrected chi connectivity index (χ0v) is 11.1. The van der Waals surface area contributed by atoms with Crippen LogP contribution >= 0.6 is 11.3 Å². The zero-order valence-electron chi connectivity index (χ0n) is 10.3. The largest absolute Gasteiger partial charge is 0.485 e. The third-order valence-corrected chi connectivity index (χ3v) is 3.59. The Bertz CT molecular complexity index is 764. The molecular weight excluding hydrogens is 276 g/mol. The standard InChI is InChI=1S/C14H10N2O3S/c17-14(18)13-16-10(8-20-13)7-19-11-5-1-3-9-4-2-6-15-12(9)11/h1-6,8H,7H2,(H,17,18). The second kappa shape index (κ2) is 5.26. The SMILES string of the molecule is O=C(O)c1nc(COc2cccc3cccnc23)cs1. The van der Waals surface area contributed by atoms with Crippen molar-refractivity contribution in [3.05, 3.63) is 52.6 Å². The van der Waals surface area contributed by atoms with Crippen molar-refractivity contribution in [3.8, 4) is 5.75 Å². The minimum Gasteiger partial charge on any atom is -0.485 e. The summed E-state index contributed by atoms with van der Waals surface area (Å²) in [6.07, 6.45) is 1.71. The Kier molecular flexibility index (Phi) is 3.30. The fraction of sp³-hybridized carbons (Fsp3) is 0.0714. The maximum absolute atomic E-state index is 10.8. The van der Waals surface area contributed by atoms with Gasteiger partial charge in [0.05, 0.1) is 5.69 Å². The van der Waals surface area contributed by atoms with Gasteiger partial charge in [-0.15, -0.1) is 11.3 Å². The van der Waals surface area contributed by atoms with E-state index in [2.05, 4.69) is 9.97 Å². The highest BCUT2D eigenvalue weighted by atomic mass is 32.1. The highest BCUT2D eigenvalue weighted by molar-refractivity contribution is 7.11. The van der Waals surface area contributed by atoms with Gasteiger partial charge in [0.1, 0.15) is 17.9 Å². The van der Waals surface area contributed by atoms with Gasteiger partial charge in [0.15, 0.2) is 0 Å². The first kappa shape index (κ1) is 12.6. The highest BCUT2D eigenvalue weighted by Gasteiger charge is 2.10. The molecular formula is C14H10N2O3S. The van der Waals surface area contributed by atoms with Crippen LogP contribution in [-0.2, 0) is 6.61 Å². The minimum atomic E-state index is -1.02. The van der Waals surface area contributed by atoms with Gasteiger partial charge in [0.2, 0.25) is 5.01 Å². The second-order valence-corrected chi connectivity index (χ2v) is 4.93. The number of nitrogens with zero attached hydrogens (tertiary/aromatic N) is 2. The minimum absolute atomic E-state index is 0.0691. The second-order valence-electron chi connectivity index (χ2n) is 4.07. The number of hydrogen-bond acceptors (Lipinski definition) is 5. The van der Waals surface area contributed by atoms with Gasteiger partial charge < -0.3 is 9.84 Å². The van der Waals surface area contributed by atoms with Gasteiger partial charge in [-0.05, 0) is 12.1 Å². The molecule has 0 fully saturated rings. The van der Waals surface area contributed by atoms with E-state index in [1.807, 2.05) is 30.3 Å². The Morgan fingerprint density at radius 2 is 2.15 bits per heavy atom. The lowest BCUT2D eigenvalue weighted by molar-refractivity contribution is 0.0696. The average molecular weight is 286 g/mol. The normalized spacial score (nSPS) is 10.6. The summed E-state index contributed by atoms with van der Waals surface area (Å²) >= 11 is 1.09. The molecule has 2 heterocycles. The summed E-state index contributed by atoms with van der Waals surface area (Å²) in [4.78, 5) is 19.0. The molecule has 0 bridgehead atoms. The van der Waals surface area contributed by atoms with Crippen molar-refractivity contribution >= 4 is 28.2 Å². The highest BCUT2D eigenvalue weighted by Crippen LogP contribution is 2.24. The number of fused-ring (bicyclic) bond motifs is 1. The van der Waals surface area contributed by atoms with Gasteiger partial charge in [0.25, 0.3) is 0 Å². The summed E-state index contributed by atoms with van der Waals surface area (Å²) in [5, 5.41) is 11.6. The Morgan fingerprint density at radius 1 is 1.30 bits per heavy atom. The lowest BCUT2D eigenvalue weighted by Gasteiger charge is -2.06. The topological polar surface area (TPSA) is 72.3 Å². The lowest BCUT2D eigenvalue weighted by Crippen LogP contribution is -1.99. The maximum atomic E-state index is 10.8. The molecule has 5 nitrogen and oxygen atoms in total. The molecule has 0 unspecified atom stereocenters. The molecule has 0 aliphatic heterocycles. The number of aromatic nitrogens is 2. The van der Waals surface area contributed by atoms with Gasteiger partial charge in [-0.25, -0.2) is 9.78 Å². The first-order valence-electron chi connectivity index (χ1n) is 5.88. The molecule has 1 N–H and O–H groups in total. The van der Waals surface area contributed by atoms with Gasteiger partial charge in [-0.3, -0.25) is 4.98 Å². The van der Waals surface area contributed by atoms with Crippen LogP contribution < -0.4 is 4.74 Å². The number of para-hydroxylation sites is 1. The Morgan fingerprint density at radius 3 is 2.95 bits per heavy atom. The number of hydrogen-bond donors (Lipinski definition) is 1. The molecule has 0 spiro atoms. The third kappa shape index (κ3) is 2.46. The molecule has 0 saturated heterocycles. The van der Waals surface area contributed by atoms with E-state index in [4.69, 9.17) is 9.84 Å². The number of carboxylic acid groups (broad SMARTS) is 1. The predicted molar refractivity (Wildman–Crippen MR) is 75.1 cm³/mol. The van der Waals surface area contributed by atoms with Gasteiger partial charge in [0, 0.05) is 17.0 Å². The van der Waals surface area contributed by atoms with Crippen LogP contribution in [0.25, 0.3) is 10.9 Å². The van der Waals surface area contributed by atoms with E-state index >= 15 is 0 Å². The van der Waals surface area contributed by atoms with Crippen LogP contribution in [0, 0.1) is 0 Å². The van der Waals surface area contributed by atoms with Crippen LogP contribution in [-0.4, -0.2) is 21.0 Å². The van der Waals surface area contributed by atoms with E-state index in [1.165, 1.54) is 0 Å². The van der Waals surface area contributed by atoms with Crippen LogP contribution in [0.5, 0.6) is 5.75 Å². The van der Waals surface area contributed by atoms with E-state index in [0.29, 0.717) is 11.4 Å². The van der Waals surface area contributed by atoms with Crippen molar-refractivity contribution in [3.63, 3.8) is 0 Å². The van der Waals surface area contributed by atoms with E-state index in [-0.39, 0.29) is 11.6 Å². The first-order valence-corrected chi connectivity index (χ1v) is 6.76. The Hall–Kier alpha value is -2.47. The van der Waals surface area contributed by atoms with Crippen molar-refractivity contribution in [1.82, 2.24) is 9.97 Å². The first-order chi connectivity index (χ1) is 9.74. The summed E-state index contributed by atoms with van der Waals surface area (Å²) in [5.74, 6) is -0.360. The van der Waals surface area contributed by atoms with Crippen molar-refractivity contribution in [2.24, 2.45) is 0 Å². The van der Waals surface area contributed by atoms with Crippen molar-refractivity contribution in [2.75, 3.05) is 0 Å². The van der Waals surface area contributed by atoms with Gasteiger partial charge in [-0.2, -0.15) is 0 Å². The van der Waals surface area contributed by atoms with E-state index < -0.39 is 5.97 Å². The molecule has 2 aromatic heterocycles. The molecule has 20 heavy (non-hydrogen) atoms. The van der Waals surface area contributed by atoms with E-state index in [0.717, 1.165) is 22.2 Å². The maximum Gasteiger partial charge on any atom is 0.365 e. The summed E-state index contributed by atoms with van der Waals surface area (Å²) in [6, 6.07) is 9.51. The fourth-order valence-electron chi connectivity index (χ4n) is 1.82. The summed E-state index contributed by atoms with van der Waals surface area (Å²) < 4.78 is 5.69. The van der Waals surface area contributed by atoms with Crippen LogP contribution in [0.4, 0.5) is 0 Å². The fourth-order valence-corrected chi connectivity index (χ4v) is 2.46. The van der Waals surface area contributed by atoms with Crippen LogP contribution in [0.1, 0.15) is 15.5 Å². The molecule has 0 radical (unpaired) electrons. The van der Waals surface area contributed by atoms with Crippen molar-refractivity contribution < 1.29 is 14.6 Å². The van der Waals surface area contributed by atoms with Crippen molar-refractivity contribution in [2.45, 2.75) is 6.61 Å². The number of thiazole rings is 1. The quantitative estimate of drug-likeness (QED) is 0.798. The number of carbonyl (C=O) groups is 1. The molecule has 0 aliphatic rings. The molecule has 6 heteroatoms. The summed E-state index contributed by atoms with van der Waals surface area (Å²) in [7, 11) is 0. The monoisotopic (exact) mass is 286 g/mol. The lowest BCUT2D eigenvalue weighted by atomic mass is 10.2. The predicted octanol–water partition coefficient (Wildman–Crippen LogP) is 2.97. The molecule has 100 valence electrons. The number of ether oxygens (including phenoxy) is 1. The molecule has 0 amide bonds. The van der Waals surface area contributed by atoms with E-state index in [1.54, 1.807) is 11.6 Å².